The molecule has 20 heavy (non-hydrogen) atoms. The standard InChI is InChI=1S/C10H10BrN5O3S/c11-9-5-8(16(18)19)2-1-7(9)6-20-10-12-13-14-15(10)3-4-17/h1-2,5,17H,3-4,6H2. The van der Waals surface area contributed by atoms with Crippen molar-refractivity contribution in [1.82, 2.24) is 20.2 Å². The molecule has 0 fully saturated rings. The Labute approximate surface area is 126 Å². The van der Waals surface area contributed by atoms with Gasteiger partial charge in [0.25, 0.3) is 5.69 Å². The van der Waals surface area contributed by atoms with E-state index < -0.39 is 4.92 Å². The van der Waals surface area contributed by atoms with Gasteiger partial charge in [-0.05, 0) is 16.0 Å². The van der Waals surface area contributed by atoms with Crippen LogP contribution in [0.1, 0.15) is 5.56 Å². The van der Waals surface area contributed by atoms with Gasteiger partial charge in [-0.15, -0.1) is 5.10 Å². The average molecular weight is 360 g/mol. The molecule has 0 unspecified atom stereocenters. The van der Waals surface area contributed by atoms with Crippen molar-refractivity contribution >= 4 is 33.4 Å². The first-order valence-corrected chi connectivity index (χ1v) is 7.32. The maximum Gasteiger partial charge on any atom is 0.270 e. The van der Waals surface area contributed by atoms with Gasteiger partial charge in [-0.1, -0.05) is 33.8 Å². The molecule has 8 nitrogen and oxygen atoms in total. The number of hydrogen-bond acceptors (Lipinski definition) is 7. The van der Waals surface area contributed by atoms with E-state index in [2.05, 4.69) is 31.5 Å². The van der Waals surface area contributed by atoms with Crippen LogP contribution < -0.4 is 0 Å². The average Bonchev–Trinajstić information content (AvgIpc) is 2.85. The number of tetrazole rings is 1. The van der Waals surface area contributed by atoms with Gasteiger partial charge in [0.15, 0.2) is 0 Å². The highest BCUT2D eigenvalue weighted by atomic mass is 79.9. The number of rotatable bonds is 6. The Morgan fingerprint density at radius 1 is 1.50 bits per heavy atom. The van der Waals surface area contributed by atoms with Crippen LogP contribution in [0.5, 0.6) is 0 Å². The number of hydrogen-bond donors (Lipinski definition) is 1. The van der Waals surface area contributed by atoms with Crippen LogP contribution in [0.15, 0.2) is 27.8 Å². The highest BCUT2D eigenvalue weighted by molar-refractivity contribution is 9.10. The van der Waals surface area contributed by atoms with Gasteiger partial charge < -0.3 is 5.11 Å². The Kier molecular flexibility index (Phi) is 5.04. The SMILES string of the molecule is O=[N+]([O-])c1ccc(CSc2nnnn2CCO)c(Br)c1. The molecule has 0 saturated carbocycles. The van der Waals surface area contributed by atoms with Crippen LogP contribution >= 0.6 is 27.7 Å². The van der Waals surface area contributed by atoms with Crippen LogP contribution in [-0.2, 0) is 12.3 Å². The van der Waals surface area contributed by atoms with E-state index >= 15 is 0 Å². The number of nitro groups is 1. The van der Waals surface area contributed by atoms with E-state index in [1.54, 1.807) is 6.07 Å². The Bertz CT molecular complexity index is 621. The van der Waals surface area contributed by atoms with Crippen molar-refractivity contribution in [1.29, 1.82) is 0 Å². The molecular formula is C10H10BrN5O3S. The van der Waals surface area contributed by atoms with E-state index in [0.29, 0.717) is 21.9 Å². The second kappa shape index (κ2) is 6.77. The topological polar surface area (TPSA) is 107 Å². The molecule has 1 aromatic carbocycles. The molecule has 0 aliphatic rings. The summed E-state index contributed by atoms with van der Waals surface area (Å²) in [4.78, 5) is 10.2. The molecule has 1 aromatic heterocycles. The van der Waals surface area contributed by atoms with Gasteiger partial charge >= 0.3 is 0 Å². The minimum absolute atomic E-state index is 0.0377. The molecule has 0 saturated heterocycles. The lowest BCUT2D eigenvalue weighted by molar-refractivity contribution is -0.384. The highest BCUT2D eigenvalue weighted by Gasteiger charge is 2.11. The van der Waals surface area contributed by atoms with Crippen LogP contribution in [-0.4, -0.2) is 36.8 Å². The van der Waals surface area contributed by atoms with Crippen molar-refractivity contribution < 1.29 is 10.0 Å². The number of thioether (sulfide) groups is 1. The molecule has 2 aromatic rings. The molecule has 1 N–H and O–H groups in total. The molecule has 0 spiro atoms. The normalized spacial score (nSPS) is 10.7. The van der Waals surface area contributed by atoms with Crippen LogP contribution in [0.2, 0.25) is 0 Å². The number of non-ortho nitro benzene ring substituents is 1. The van der Waals surface area contributed by atoms with Crippen molar-refractivity contribution in [2.24, 2.45) is 0 Å². The van der Waals surface area contributed by atoms with E-state index in [4.69, 9.17) is 5.11 Å². The quantitative estimate of drug-likeness (QED) is 0.474. The maximum absolute atomic E-state index is 10.7. The monoisotopic (exact) mass is 359 g/mol. The molecule has 0 atom stereocenters. The Morgan fingerprint density at radius 3 is 2.95 bits per heavy atom. The molecule has 2 rings (SSSR count). The second-order valence-corrected chi connectivity index (χ2v) is 5.53. The lowest BCUT2D eigenvalue weighted by Gasteiger charge is -2.04. The van der Waals surface area contributed by atoms with Gasteiger partial charge in [-0.2, -0.15) is 0 Å². The third kappa shape index (κ3) is 3.52. The number of aliphatic hydroxyl groups is 1. The number of aromatic nitrogens is 4. The molecule has 106 valence electrons. The molecule has 0 radical (unpaired) electrons. The van der Waals surface area contributed by atoms with Gasteiger partial charge in [0.05, 0.1) is 18.1 Å². The summed E-state index contributed by atoms with van der Waals surface area (Å²) in [6, 6.07) is 4.61. The van der Waals surface area contributed by atoms with Crippen LogP contribution in [0, 0.1) is 10.1 Å². The summed E-state index contributed by atoms with van der Waals surface area (Å²) in [6.45, 7) is 0.288. The molecular weight excluding hydrogens is 350 g/mol. The summed E-state index contributed by atoms with van der Waals surface area (Å²) in [5, 5.41) is 31.3. The third-order valence-corrected chi connectivity index (χ3v) is 4.16. The first-order chi connectivity index (χ1) is 9.61. The lowest BCUT2D eigenvalue weighted by Crippen LogP contribution is -2.05. The van der Waals surface area contributed by atoms with Crippen molar-refractivity contribution in [2.75, 3.05) is 6.61 Å². The summed E-state index contributed by atoms with van der Waals surface area (Å²) in [7, 11) is 0. The zero-order valence-corrected chi connectivity index (χ0v) is 12.5. The summed E-state index contributed by atoms with van der Waals surface area (Å²) < 4.78 is 2.17. The first kappa shape index (κ1) is 14.9. The molecule has 0 aliphatic carbocycles. The van der Waals surface area contributed by atoms with Gasteiger partial charge in [-0.3, -0.25) is 10.1 Å². The predicted molar refractivity (Wildman–Crippen MR) is 75.3 cm³/mol. The zero-order chi connectivity index (χ0) is 14.5. The number of nitrogens with zero attached hydrogens (tertiary/aromatic N) is 5. The van der Waals surface area contributed by atoms with E-state index in [0.717, 1.165) is 5.56 Å². The van der Waals surface area contributed by atoms with Crippen molar-refractivity contribution in [3.63, 3.8) is 0 Å². The van der Waals surface area contributed by atoms with E-state index in [1.165, 1.54) is 28.6 Å². The minimum Gasteiger partial charge on any atom is -0.394 e. The second-order valence-electron chi connectivity index (χ2n) is 3.73. The number of nitro benzene ring substituents is 1. The Balaban J connectivity index is 2.07. The zero-order valence-electron chi connectivity index (χ0n) is 10.1. The van der Waals surface area contributed by atoms with Gasteiger partial charge in [-0.25, -0.2) is 4.68 Å². The van der Waals surface area contributed by atoms with Crippen LogP contribution in [0.4, 0.5) is 5.69 Å². The molecule has 10 heteroatoms. The summed E-state index contributed by atoms with van der Waals surface area (Å²) in [5.74, 6) is 0.560. The van der Waals surface area contributed by atoms with E-state index in [9.17, 15) is 10.1 Å². The summed E-state index contributed by atoms with van der Waals surface area (Å²) in [5.41, 5.74) is 0.940. The maximum atomic E-state index is 10.7. The fraction of sp³-hybridized carbons (Fsp3) is 0.300. The van der Waals surface area contributed by atoms with E-state index in [-0.39, 0.29) is 12.3 Å². The lowest BCUT2D eigenvalue weighted by atomic mass is 10.2. The van der Waals surface area contributed by atoms with Crippen molar-refractivity contribution in [3.05, 3.63) is 38.3 Å². The van der Waals surface area contributed by atoms with E-state index in [1.807, 2.05) is 0 Å². The molecule has 1 heterocycles. The smallest absolute Gasteiger partial charge is 0.270 e. The number of benzene rings is 1. The Hall–Kier alpha value is -1.52. The highest BCUT2D eigenvalue weighted by Crippen LogP contribution is 2.28. The van der Waals surface area contributed by atoms with Crippen molar-refractivity contribution in [3.8, 4) is 0 Å². The van der Waals surface area contributed by atoms with Gasteiger partial charge in [0, 0.05) is 22.4 Å². The largest absolute Gasteiger partial charge is 0.394 e. The van der Waals surface area contributed by atoms with Crippen LogP contribution in [0.3, 0.4) is 0 Å². The molecule has 0 amide bonds. The summed E-state index contributed by atoms with van der Waals surface area (Å²) >= 11 is 4.70. The molecule has 0 aliphatic heterocycles. The predicted octanol–water partition coefficient (Wildman–Crippen LogP) is 1.63. The molecule has 0 bridgehead atoms. The minimum atomic E-state index is -0.441. The van der Waals surface area contributed by atoms with Gasteiger partial charge in [0.1, 0.15) is 0 Å². The summed E-state index contributed by atoms with van der Waals surface area (Å²) in [6.07, 6.45) is 0. The van der Waals surface area contributed by atoms with Gasteiger partial charge in [0.2, 0.25) is 5.16 Å². The third-order valence-electron chi connectivity index (χ3n) is 2.42. The fourth-order valence-electron chi connectivity index (χ4n) is 1.44. The number of aliphatic hydroxyl groups excluding tert-OH is 1. The first-order valence-electron chi connectivity index (χ1n) is 5.54. The van der Waals surface area contributed by atoms with Crippen LogP contribution in [0.25, 0.3) is 0 Å². The fourth-order valence-corrected chi connectivity index (χ4v) is 3.04. The van der Waals surface area contributed by atoms with Crippen molar-refractivity contribution in [2.45, 2.75) is 17.5 Å². The number of halogens is 1. The Morgan fingerprint density at radius 2 is 2.30 bits per heavy atom.